The van der Waals surface area contributed by atoms with E-state index in [1.165, 1.54) is 19.1 Å². The standard InChI is InChI=1S/C16H23NO2S/c1-15(2,3)20-17-16(10-5-11-16)13-8-6-12(7-9-13)14(18)19-4/h6-9,17H,5,10-11H2,1-4H3. The third-order valence-electron chi connectivity index (χ3n) is 3.62. The van der Waals surface area contributed by atoms with Gasteiger partial charge in [-0.2, -0.15) is 0 Å². The van der Waals surface area contributed by atoms with E-state index in [9.17, 15) is 4.79 Å². The molecule has 20 heavy (non-hydrogen) atoms. The lowest BCUT2D eigenvalue weighted by molar-refractivity contribution is 0.0600. The molecule has 0 radical (unpaired) electrons. The van der Waals surface area contributed by atoms with Crippen LogP contribution >= 0.6 is 11.9 Å². The van der Waals surface area contributed by atoms with Gasteiger partial charge in [0.25, 0.3) is 0 Å². The Labute approximate surface area is 125 Å². The SMILES string of the molecule is COC(=O)c1ccc(C2(NSC(C)(C)C)CCC2)cc1. The highest BCUT2D eigenvalue weighted by Gasteiger charge is 2.39. The maximum absolute atomic E-state index is 11.5. The topological polar surface area (TPSA) is 38.3 Å². The van der Waals surface area contributed by atoms with Crippen molar-refractivity contribution in [1.82, 2.24) is 4.72 Å². The van der Waals surface area contributed by atoms with Crippen LogP contribution in [0.1, 0.15) is 56.0 Å². The van der Waals surface area contributed by atoms with E-state index in [0.29, 0.717) is 5.56 Å². The van der Waals surface area contributed by atoms with Crippen molar-refractivity contribution in [1.29, 1.82) is 0 Å². The summed E-state index contributed by atoms with van der Waals surface area (Å²) in [7, 11) is 1.41. The van der Waals surface area contributed by atoms with Crippen LogP contribution in [0.25, 0.3) is 0 Å². The maximum Gasteiger partial charge on any atom is 0.337 e. The first-order chi connectivity index (χ1) is 9.36. The second-order valence-corrected chi connectivity index (χ2v) is 7.95. The van der Waals surface area contributed by atoms with Crippen molar-refractivity contribution >= 4 is 17.9 Å². The zero-order chi connectivity index (χ0) is 14.8. The number of rotatable bonds is 4. The molecule has 110 valence electrons. The summed E-state index contributed by atoms with van der Waals surface area (Å²) in [5.74, 6) is -0.281. The number of ether oxygens (including phenoxy) is 1. The van der Waals surface area contributed by atoms with Gasteiger partial charge < -0.3 is 4.74 Å². The van der Waals surface area contributed by atoms with Gasteiger partial charge in [0.1, 0.15) is 0 Å². The molecule has 0 spiro atoms. The predicted molar refractivity (Wildman–Crippen MR) is 83.8 cm³/mol. The zero-order valence-corrected chi connectivity index (χ0v) is 13.5. The fraction of sp³-hybridized carbons (Fsp3) is 0.562. The highest BCUT2D eigenvalue weighted by atomic mass is 32.2. The lowest BCUT2D eigenvalue weighted by Gasteiger charge is -2.44. The van der Waals surface area contributed by atoms with E-state index in [0.717, 1.165) is 12.8 Å². The fourth-order valence-electron chi connectivity index (χ4n) is 2.27. The molecule has 1 aliphatic carbocycles. The largest absolute Gasteiger partial charge is 0.465 e. The van der Waals surface area contributed by atoms with Crippen LogP contribution in [0.3, 0.4) is 0 Å². The number of hydrogen-bond donors (Lipinski definition) is 1. The number of carbonyl (C=O) groups is 1. The Hall–Kier alpha value is -1.00. The summed E-state index contributed by atoms with van der Waals surface area (Å²) in [6.45, 7) is 6.62. The number of benzene rings is 1. The van der Waals surface area contributed by atoms with Gasteiger partial charge in [-0.25, -0.2) is 4.79 Å². The van der Waals surface area contributed by atoms with Crippen molar-refractivity contribution in [2.75, 3.05) is 7.11 Å². The third-order valence-corrected chi connectivity index (χ3v) is 4.72. The van der Waals surface area contributed by atoms with Crippen LogP contribution in [0.2, 0.25) is 0 Å². The Morgan fingerprint density at radius 3 is 2.25 bits per heavy atom. The Kier molecular flexibility index (Phi) is 4.45. The Morgan fingerprint density at radius 1 is 1.25 bits per heavy atom. The quantitative estimate of drug-likeness (QED) is 0.675. The lowest BCUT2D eigenvalue weighted by Crippen LogP contribution is -2.46. The molecule has 1 fully saturated rings. The Bertz CT molecular complexity index is 472. The van der Waals surface area contributed by atoms with Gasteiger partial charge in [-0.15, -0.1) is 0 Å². The van der Waals surface area contributed by atoms with Crippen molar-refractivity contribution in [3.05, 3.63) is 35.4 Å². The molecule has 0 amide bonds. The lowest BCUT2D eigenvalue weighted by atomic mass is 9.72. The van der Waals surface area contributed by atoms with E-state index in [1.807, 2.05) is 24.3 Å². The summed E-state index contributed by atoms with van der Waals surface area (Å²) in [5.41, 5.74) is 1.93. The molecule has 3 nitrogen and oxygen atoms in total. The molecule has 1 saturated carbocycles. The van der Waals surface area contributed by atoms with Gasteiger partial charge in [0.05, 0.1) is 18.2 Å². The molecule has 0 bridgehead atoms. The molecule has 1 aromatic carbocycles. The first kappa shape index (κ1) is 15.4. The Morgan fingerprint density at radius 2 is 1.85 bits per heavy atom. The Balaban J connectivity index is 2.13. The molecule has 0 atom stereocenters. The van der Waals surface area contributed by atoms with E-state index < -0.39 is 0 Å². The van der Waals surface area contributed by atoms with Gasteiger partial charge >= 0.3 is 5.97 Å². The summed E-state index contributed by atoms with van der Waals surface area (Å²) in [4.78, 5) is 11.5. The smallest absolute Gasteiger partial charge is 0.337 e. The minimum absolute atomic E-state index is 0.0621. The molecule has 0 heterocycles. The van der Waals surface area contributed by atoms with Gasteiger partial charge in [0, 0.05) is 4.75 Å². The average Bonchev–Trinajstić information content (AvgIpc) is 2.36. The van der Waals surface area contributed by atoms with Gasteiger partial charge in [-0.05, 0) is 57.7 Å². The van der Waals surface area contributed by atoms with Gasteiger partial charge in [-0.3, -0.25) is 4.72 Å². The fourth-order valence-corrected chi connectivity index (χ4v) is 3.10. The average molecular weight is 293 g/mol. The van der Waals surface area contributed by atoms with Crippen molar-refractivity contribution in [2.45, 2.75) is 50.3 Å². The van der Waals surface area contributed by atoms with Crippen LogP contribution in [0.4, 0.5) is 0 Å². The van der Waals surface area contributed by atoms with E-state index in [1.54, 1.807) is 11.9 Å². The maximum atomic E-state index is 11.5. The van der Waals surface area contributed by atoms with Crippen molar-refractivity contribution in [2.24, 2.45) is 0 Å². The molecule has 0 saturated heterocycles. The number of hydrogen-bond acceptors (Lipinski definition) is 4. The molecule has 0 unspecified atom stereocenters. The molecule has 2 rings (SSSR count). The minimum Gasteiger partial charge on any atom is -0.465 e. The van der Waals surface area contributed by atoms with E-state index in [4.69, 9.17) is 4.74 Å². The van der Waals surface area contributed by atoms with Gasteiger partial charge in [0.15, 0.2) is 0 Å². The van der Waals surface area contributed by atoms with Crippen LogP contribution < -0.4 is 4.72 Å². The molecule has 4 heteroatoms. The molecule has 1 aliphatic rings. The number of nitrogens with one attached hydrogen (secondary N) is 1. The van der Waals surface area contributed by atoms with Gasteiger partial charge in [0.2, 0.25) is 0 Å². The number of esters is 1. The van der Waals surface area contributed by atoms with E-state index in [-0.39, 0.29) is 16.3 Å². The second kappa shape index (κ2) is 5.78. The van der Waals surface area contributed by atoms with Crippen molar-refractivity contribution in [3.63, 3.8) is 0 Å². The minimum atomic E-state index is -0.281. The van der Waals surface area contributed by atoms with Crippen molar-refractivity contribution < 1.29 is 9.53 Å². The molecular weight excluding hydrogens is 270 g/mol. The van der Waals surface area contributed by atoms with Crippen LogP contribution in [-0.2, 0) is 10.3 Å². The van der Waals surface area contributed by atoms with E-state index in [2.05, 4.69) is 25.5 Å². The molecule has 1 N–H and O–H groups in total. The summed E-state index contributed by atoms with van der Waals surface area (Å²) < 4.78 is 8.58. The first-order valence-electron chi connectivity index (χ1n) is 7.00. The highest BCUT2D eigenvalue weighted by molar-refractivity contribution is 7.98. The molecule has 0 aliphatic heterocycles. The number of methoxy groups -OCH3 is 1. The first-order valence-corrected chi connectivity index (χ1v) is 7.82. The van der Waals surface area contributed by atoms with Crippen molar-refractivity contribution in [3.8, 4) is 0 Å². The highest BCUT2D eigenvalue weighted by Crippen LogP contribution is 2.44. The van der Waals surface area contributed by atoms with Crippen LogP contribution in [0, 0.1) is 0 Å². The predicted octanol–water partition coefficient (Wildman–Crippen LogP) is 3.89. The van der Waals surface area contributed by atoms with Crippen LogP contribution in [0.15, 0.2) is 24.3 Å². The van der Waals surface area contributed by atoms with Crippen LogP contribution in [0.5, 0.6) is 0 Å². The second-order valence-electron chi connectivity index (χ2n) is 6.32. The van der Waals surface area contributed by atoms with Gasteiger partial charge in [-0.1, -0.05) is 24.1 Å². The zero-order valence-electron chi connectivity index (χ0n) is 12.7. The van der Waals surface area contributed by atoms with Crippen LogP contribution in [-0.4, -0.2) is 17.8 Å². The summed E-state index contributed by atoms with van der Waals surface area (Å²) >= 11 is 1.78. The summed E-state index contributed by atoms with van der Waals surface area (Å²) in [6.07, 6.45) is 3.54. The normalized spacial score (nSPS) is 17.4. The molecule has 0 aromatic heterocycles. The molecular formula is C16H23NO2S. The monoisotopic (exact) mass is 293 g/mol. The summed E-state index contributed by atoms with van der Waals surface area (Å²) in [5, 5.41) is 0. The number of carbonyl (C=O) groups excluding carboxylic acids is 1. The molecule has 1 aromatic rings. The third kappa shape index (κ3) is 3.36. The van der Waals surface area contributed by atoms with E-state index >= 15 is 0 Å². The summed E-state index contributed by atoms with van der Waals surface area (Å²) in [6, 6.07) is 7.79.